The number of allylic oxidation sites excluding steroid dienone is 1. The zero-order chi connectivity index (χ0) is 21.0. The molecule has 29 heavy (non-hydrogen) atoms. The third-order valence-electron chi connectivity index (χ3n) is 5.14. The molecule has 0 bridgehead atoms. The van der Waals surface area contributed by atoms with Gasteiger partial charge in [-0.05, 0) is 54.2 Å². The Balaban J connectivity index is 1.74. The van der Waals surface area contributed by atoms with E-state index in [0.717, 1.165) is 16.0 Å². The minimum absolute atomic E-state index is 0.121. The number of amides is 2. The van der Waals surface area contributed by atoms with Crippen molar-refractivity contribution in [2.24, 2.45) is 5.92 Å². The quantitative estimate of drug-likeness (QED) is 0.773. The summed E-state index contributed by atoms with van der Waals surface area (Å²) in [5, 5.41) is 9.83. The molecule has 0 radical (unpaired) electrons. The molecule has 1 heterocycles. The number of cyclic esters (lactones) is 1. The van der Waals surface area contributed by atoms with E-state index < -0.39 is 30.6 Å². The molecule has 3 rings (SSSR count). The van der Waals surface area contributed by atoms with Gasteiger partial charge in [0.25, 0.3) is 0 Å². The van der Waals surface area contributed by atoms with Gasteiger partial charge >= 0.3 is 6.09 Å². The molecular weight excluding hydrogens is 373 g/mol. The van der Waals surface area contributed by atoms with Crippen molar-refractivity contribution in [3.05, 3.63) is 77.6 Å². The molecule has 0 aliphatic carbocycles. The number of aryl methyl sites for hydroxylation is 1. The summed E-state index contributed by atoms with van der Waals surface area (Å²) in [5.74, 6) is -1.68. The van der Waals surface area contributed by atoms with Gasteiger partial charge in [0.2, 0.25) is 5.91 Å². The molecule has 5 nitrogen and oxygen atoms in total. The molecule has 1 fully saturated rings. The molecule has 1 N–H and O–H groups in total. The van der Waals surface area contributed by atoms with Gasteiger partial charge in [0.1, 0.15) is 12.4 Å². The average molecular weight is 397 g/mol. The van der Waals surface area contributed by atoms with Crippen molar-refractivity contribution in [3.63, 3.8) is 0 Å². The number of ether oxygens (including phenoxy) is 1. The van der Waals surface area contributed by atoms with E-state index in [1.54, 1.807) is 13.0 Å². The van der Waals surface area contributed by atoms with Crippen LogP contribution in [0.3, 0.4) is 0 Å². The van der Waals surface area contributed by atoms with Crippen LogP contribution in [-0.2, 0) is 16.0 Å². The van der Waals surface area contributed by atoms with Crippen LogP contribution >= 0.6 is 0 Å². The Morgan fingerprint density at radius 3 is 2.69 bits per heavy atom. The van der Waals surface area contributed by atoms with Gasteiger partial charge < -0.3 is 9.84 Å². The van der Waals surface area contributed by atoms with Crippen LogP contribution in [0.25, 0.3) is 5.57 Å². The first-order valence-corrected chi connectivity index (χ1v) is 9.49. The predicted molar refractivity (Wildman–Crippen MR) is 107 cm³/mol. The second-order valence-corrected chi connectivity index (χ2v) is 7.28. The lowest BCUT2D eigenvalue weighted by Gasteiger charge is -2.24. The number of benzene rings is 2. The van der Waals surface area contributed by atoms with E-state index in [1.165, 1.54) is 12.1 Å². The summed E-state index contributed by atoms with van der Waals surface area (Å²) in [5.41, 5.74) is 3.01. The normalized spacial score (nSPS) is 17.1. The monoisotopic (exact) mass is 397 g/mol. The number of halogens is 1. The van der Waals surface area contributed by atoms with Crippen molar-refractivity contribution < 1.29 is 23.8 Å². The molecule has 0 saturated carbocycles. The summed E-state index contributed by atoms with van der Waals surface area (Å²) in [7, 11) is 0. The van der Waals surface area contributed by atoms with Gasteiger partial charge in [-0.3, -0.25) is 4.79 Å². The number of aliphatic hydroxyl groups is 1. The fraction of sp³-hybridized carbons (Fsp3) is 0.304. The van der Waals surface area contributed by atoms with Gasteiger partial charge in [-0.1, -0.05) is 43.0 Å². The molecule has 0 unspecified atom stereocenters. The van der Waals surface area contributed by atoms with E-state index in [-0.39, 0.29) is 18.8 Å². The highest BCUT2D eigenvalue weighted by molar-refractivity contribution is 5.95. The molecule has 1 aliphatic heterocycles. The third-order valence-corrected chi connectivity index (χ3v) is 5.14. The van der Waals surface area contributed by atoms with Crippen molar-refractivity contribution in [2.45, 2.75) is 25.8 Å². The summed E-state index contributed by atoms with van der Waals surface area (Å²) in [6, 6.07) is 13.4. The predicted octanol–water partition coefficient (Wildman–Crippen LogP) is 3.74. The van der Waals surface area contributed by atoms with Gasteiger partial charge in [-0.15, -0.1) is 0 Å². The van der Waals surface area contributed by atoms with E-state index in [4.69, 9.17) is 4.74 Å². The minimum Gasteiger partial charge on any atom is -0.447 e. The van der Waals surface area contributed by atoms with Gasteiger partial charge in [-0.25, -0.2) is 14.1 Å². The van der Waals surface area contributed by atoms with E-state index in [2.05, 4.69) is 6.58 Å². The number of aliphatic hydroxyl groups excluding tert-OH is 1. The van der Waals surface area contributed by atoms with Gasteiger partial charge in [-0.2, -0.15) is 0 Å². The van der Waals surface area contributed by atoms with Crippen LogP contribution in [-0.4, -0.2) is 41.3 Å². The summed E-state index contributed by atoms with van der Waals surface area (Å²) >= 11 is 0. The molecular formula is C23H24FNO4. The molecule has 2 atom stereocenters. The molecule has 2 amide bonds. The maximum atomic E-state index is 13.4. The molecule has 0 aromatic heterocycles. The second kappa shape index (κ2) is 9.01. The van der Waals surface area contributed by atoms with Gasteiger partial charge in [0, 0.05) is 0 Å². The number of carbonyl (C=O) groups is 2. The number of hydrogen-bond donors (Lipinski definition) is 1. The highest BCUT2D eigenvalue weighted by atomic mass is 19.1. The van der Waals surface area contributed by atoms with Gasteiger partial charge in [0.05, 0.1) is 18.6 Å². The summed E-state index contributed by atoms with van der Waals surface area (Å²) in [6.45, 7) is 5.44. The zero-order valence-electron chi connectivity index (χ0n) is 16.3. The highest BCUT2D eigenvalue weighted by Gasteiger charge is 2.40. The number of imide groups is 1. The first-order chi connectivity index (χ1) is 13.9. The Morgan fingerprint density at radius 2 is 2.03 bits per heavy atom. The van der Waals surface area contributed by atoms with Crippen molar-refractivity contribution >= 4 is 17.6 Å². The average Bonchev–Trinajstić information content (AvgIpc) is 3.06. The fourth-order valence-corrected chi connectivity index (χ4v) is 3.62. The van der Waals surface area contributed by atoms with Crippen LogP contribution in [0.5, 0.6) is 0 Å². The fourth-order valence-electron chi connectivity index (χ4n) is 3.62. The van der Waals surface area contributed by atoms with Crippen molar-refractivity contribution in [3.8, 4) is 0 Å². The van der Waals surface area contributed by atoms with E-state index >= 15 is 0 Å². The van der Waals surface area contributed by atoms with E-state index in [9.17, 15) is 19.1 Å². The van der Waals surface area contributed by atoms with Crippen LogP contribution in [0.15, 0.2) is 55.1 Å². The smallest absolute Gasteiger partial charge is 0.416 e. The second-order valence-electron chi connectivity index (χ2n) is 7.28. The summed E-state index contributed by atoms with van der Waals surface area (Å²) < 4.78 is 18.5. The third kappa shape index (κ3) is 4.71. The minimum atomic E-state index is -0.837. The van der Waals surface area contributed by atoms with Crippen LogP contribution in [0, 0.1) is 18.7 Å². The zero-order valence-corrected chi connectivity index (χ0v) is 16.3. The van der Waals surface area contributed by atoms with E-state index in [1.807, 2.05) is 30.3 Å². The highest BCUT2D eigenvalue weighted by Crippen LogP contribution is 2.27. The lowest BCUT2D eigenvalue weighted by atomic mass is 9.92. The Labute approximate surface area is 169 Å². The topological polar surface area (TPSA) is 66.8 Å². The summed E-state index contributed by atoms with van der Waals surface area (Å²) in [4.78, 5) is 26.4. The van der Waals surface area contributed by atoms with Crippen LogP contribution in [0.2, 0.25) is 0 Å². The largest absolute Gasteiger partial charge is 0.447 e. The molecule has 6 heteroatoms. The maximum absolute atomic E-state index is 13.4. The molecule has 152 valence electrons. The first kappa shape index (κ1) is 20.7. The number of rotatable bonds is 7. The van der Waals surface area contributed by atoms with Crippen LogP contribution in [0.1, 0.15) is 23.1 Å². The van der Waals surface area contributed by atoms with Crippen molar-refractivity contribution in [1.82, 2.24) is 4.90 Å². The van der Waals surface area contributed by atoms with Gasteiger partial charge in [0.15, 0.2) is 0 Å². The lowest BCUT2D eigenvalue weighted by Crippen LogP contribution is -2.44. The number of nitrogens with zero attached hydrogens (tertiary/aromatic N) is 1. The van der Waals surface area contributed by atoms with Crippen LogP contribution < -0.4 is 0 Å². The number of carbonyl (C=O) groups excluding carboxylic acids is 2. The standard InChI is InChI=1S/C23H24FNO4/c1-15(21-9-8-19(24)11-16(21)2)10-18(13-26)22(27)25-20(14-29-23(25)28)12-17-6-4-3-5-7-17/h3-9,11,18,20,26H,1,10,12-14H2,2H3/t18-,20+/m0/s1. The number of hydrogen-bond acceptors (Lipinski definition) is 4. The molecule has 2 aromatic rings. The Bertz CT molecular complexity index is 912. The Morgan fingerprint density at radius 1 is 1.31 bits per heavy atom. The Kier molecular flexibility index (Phi) is 6.44. The lowest BCUT2D eigenvalue weighted by molar-refractivity contribution is -0.134. The van der Waals surface area contributed by atoms with E-state index in [0.29, 0.717) is 17.6 Å². The molecule has 1 aliphatic rings. The van der Waals surface area contributed by atoms with Crippen molar-refractivity contribution in [2.75, 3.05) is 13.2 Å². The van der Waals surface area contributed by atoms with Crippen molar-refractivity contribution in [1.29, 1.82) is 0 Å². The summed E-state index contributed by atoms with van der Waals surface area (Å²) in [6.07, 6.45) is -0.0593. The first-order valence-electron chi connectivity index (χ1n) is 9.49. The molecule has 1 saturated heterocycles. The molecule has 2 aromatic carbocycles. The Hall–Kier alpha value is -2.99. The SMILES string of the molecule is C=C(C[C@@H](CO)C(=O)N1C(=O)OC[C@H]1Cc1ccccc1)c1ccc(F)cc1C. The molecule has 0 spiro atoms. The maximum Gasteiger partial charge on any atom is 0.416 e. The van der Waals surface area contributed by atoms with Crippen LogP contribution in [0.4, 0.5) is 9.18 Å².